The van der Waals surface area contributed by atoms with E-state index in [0.29, 0.717) is 48.6 Å². The number of carboxylic acids is 2. The number of nitrogens with one attached hydrogen (secondary N) is 4. The van der Waals surface area contributed by atoms with E-state index in [1.165, 1.54) is 12.3 Å². The summed E-state index contributed by atoms with van der Waals surface area (Å²) in [7, 11) is 1.00. The number of fused-ring (bicyclic) bond motifs is 1. The van der Waals surface area contributed by atoms with Crippen molar-refractivity contribution in [1.29, 1.82) is 0 Å². The second-order valence-corrected chi connectivity index (χ2v) is 19.8. The van der Waals surface area contributed by atoms with E-state index in [4.69, 9.17) is 25.8 Å². The van der Waals surface area contributed by atoms with Crippen molar-refractivity contribution in [2.45, 2.75) is 151 Å². The van der Waals surface area contributed by atoms with Gasteiger partial charge in [0.2, 0.25) is 29.5 Å². The van der Waals surface area contributed by atoms with Gasteiger partial charge in [0.15, 0.2) is 0 Å². The Hall–Kier alpha value is -7.18. The third kappa shape index (κ3) is 45.2. The van der Waals surface area contributed by atoms with Crippen LogP contribution in [0.4, 0.5) is 8.78 Å². The SMILES string of the molecule is C=C/C(=C\C=C/C)CC(N)=O.CCC(=O)O.CCC(C)CC=O.CCCCCN(CCC)CC(=O)NCCNC(=O)CCCC(=O)NCCOc1ccc2nccc(C(=O)NCC(=O)N3CCC(F)(F)C3)c2c1.CCCN(CCC)CC(=O)O.CO. The number of nitrogens with two attached hydrogens (primary N) is 1. The first-order valence-electron chi connectivity index (χ1n) is 29.7. The summed E-state index contributed by atoms with van der Waals surface area (Å²) >= 11 is 0. The van der Waals surface area contributed by atoms with Crippen molar-refractivity contribution in [3.8, 4) is 5.75 Å². The molecule has 1 aliphatic heterocycles. The van der Waals surface area contributed by atoms with Crippen LogP contribution in [0.25, 0.3) is 10.9 Å². The van der Waals surface area contributed by atoms with Crippen LogP contribution in [0.2, 0.25) is 0 Å². The average molecular weight is 1220 g/mol. The van der Waals surface area contributed by atoms with Crippen molar-refractivity contribution in [2.24, 2.45) is 11.7 Å². The highest BCUT2D eigenvalue weighted by Gasteiger charge is 2.40. The number of rotatable bonds is 36. The number of nitrogens with zero attached hydrogens (tertiary/aromatic N) is 4. The fourth-order valence-electron chi connectivity index (χ4n) is 7.55. The van der Waals surface area contributed by atoms with Crippen molar-refractivity contribution >= 4 is 64.6 Å². The topological polar surface area (TPSA) is 320 Å². The van der Waals surface area contributed by atoms with Gasteiger partial charge in [0.25, 0.3) is 11.8 Å². The molecule has 22 nitrogen and oxygen atoms in total. The summed E-state index contributed by atoms with van der Waals surface area (Å²) in [5, 5.41) is 34.5. The fraction of sp³-hybridized carbons (Fsp3) is 0.613. The zero-order valence-electron chi connectivity index (χ0n) is 52.7. The van der Waals surface area contributed by atoms with Gasteiger partial charge in [-0.25, -0.2) is 8.78 Å². The second kappa shape index (κ2) is 53.3. The monoisotopic (exact) mass is 1220 g/mol. The third-order valence-electron chi connectivity index (χ3n) is 12.2. The molecule has 0 radical (unpaired) electrons. The predicted molar refractivity (Wildman–Crippen MR) is 333 cm³/mol. The lowest BCUT2D eigenvalue weighted by atomic mass is 10.1. The molecule has 1 saturated heterocycles. The Labute approximate surface area is 509 Å². The highest BCUT2D eigenvalue weighted by molar-refractivity contribution is 6.07. The van der Waals surface area contributed by atoms with Crippen LogP contribution in [0, 0.1) is 5.92 Å². The molecule has 2 heterocycles. The summed E-state index contributed by atoms with van der Waals surface area (Å²) in [4.78, 5) is 111. The summed E-state index contributed by atoms with van der Waals surface area (Å²) in [5.41, 5.74) is 6.59. The Morgan fingerprint density at radius 1 is 0.802 bits per heavy atom. The number of hydrogen-bond acceptors (Lipinski definition) is 14. The number of alkyl halides is 2. The number of amides is 6. The highest BCUT2D eigenvalue weighted by Crippen LogP contribution is 2.27. The summed E-state index contributed by atoms with van der Waals surface area (Å²) in [6, 6.07) is 6.47. The maximum Gasteiger partial charge on any atom is 0.317 e. The molecule has 0 spiro atoms. The second-order valence-electron chi connectivity index (χ2n) is 19.8. The van der Waals surface area contributed by atoms with Crippen LogP contribution in [-0.2, 0) is 38.4 Å². The van der Waals surface area contributed by atoms with Gasteiger partial charge in [0.1, 0.15) is 18.6 Å². The zero-order valence-corrected chi connectivity index (χ0v) is 52.7. The number of aliphatic hydroxyl groups is 1. The van der Waals surface area contributed by atoms with Gasteiger partial charge in [0.05, 0.1) is 50.2 Å². The Balaban J connectivity index is -0.00000153. The standard InChI is InChI=1S/C35H51F2N7O6.C9H13NO.C8H17NO2.C6H12O.C3H6O2.CH4O/c1-3-5-6-19-43(18-4-2)24-32(47)40-16-15-39-30(45)8-7-9-31(46)41-17-21-50-26-10-11-29-28(22-26)27(12-14-38-29)34(49)42-23-33(48)44-20-13-35(36,37)25-44;1-3-5-6-8(4-2)7-9(10)11;1-3-5-9(6-4-2)7-8(10)11;1-3-6(2)4-5-7;1-2-3(4)5;1-2/h10-12,14,22H,3-9,13,15-21,23-25H2,1-2H3,(H,39,45)(H,40,47)(H,41,46)(H,42,49);3-6H,2,7H2,1H3,(H2,10,11);3-7H2,1-2H3,(H,10,11);5-6H,3-4H2,1-2H3;2H2,1H3,(H,4,5);2H,1H3/b;5-3-,8-6+;;;;. The van der Waals surface area contributed by atoms with E-state index in [1.807, 2.05) is 30.1 Å². The number of unbranched alkanes of at least 4 members (excludes halogenated alkanes) is 2. The minimum atomic E-state index is -2.91. The number of ether oxygens (including phenoxy) is 1. The Kier molecular flexibility index (Phi) is 51.5. The Bertz CT molecular complexity index is 2330. The van der Waals surface area contributed by atoms with Crippen molar-refractivity contribution in [1.82, 2.24) is 41.0 Å². The molecule has 86 heavy (non-hydrogen) atoms. The van der Waals surface area contributed by atoms with Crippen LogP contribution in [0.5, 0.6) is 5.75 Å². The average Bonchev–Trinajstić information content (AvgIpc) is 1.79. The van der Waals surface area contributed by atoms with E-state index >= 15 is 0 Å². The van der Waals surface area contributed by atoms with Crippen molar-refractivity contribution in [3.05, 3.63) is 72.5 Å². The molecule has 6 amide bonds. The van der Waals surface area contributed by atoms with E-state index in [9.17, 15) is 51.9 Å². The van der Waals surface area contributed by atoms with Crippen molar-refractivity contribution < 1.29 is 72.0 Å². The fourth-order valence-corrected chi connectivity index (χ4v) is 7.55. The smallest absolute Gasteiger partial charge is 0.317 e. The number of carbonyl (C=O) groups excluding carboxylic acids is 7. The summed E-state index contributed by atoms with van der Waals surface area (Å²) in [6.45, 7) is 23.6. The maximum atomic E-state index is 13.4. The van der Waals surface area contributed by atoms with Crippen LogP contribution >= 0.6 is 0 Å². The molecule has 1 unspecified atom stereocenters. The molecule has 0 aliphatic carbocycles. The van der Waals surface area contributed by atoms with Crippen molar-refractivity contribution in [2.75, 3.05) is 92.3 Å². The molecular weight excluding hydrogens is 1120 g/mol. The third-order valence-corrected chi connectivity index (χ3v) is 12.2. The van der Waals surface area contributed by atoms with Gasteiger partial charge < -0.3 is 56.8 Å². The predicted octanol–water partition coefficient (Wildman–Crippen LogP) is 7.09. The molecule has 1 fully saturated rings. The van der Waals surface area contributed by atoms with Crippen LogP contribution in [0.3, 0.4) is 0 Å². The lowest BCUT2D eigenvalue weighted by Gasteiger charge is -2.21. The number of benzene rings is 1. The quantitative estimate of drug-likeness (QED) is 0.0192. The molecule has 0 saturated carbocycles. The summed E-state index contributed by atoms with van der Waals surface area (Å²) in [5.74, 6) is -5.31. The number of aromatic nitrogens is 1. The first-order chi connectivity index (χ1) is 41.0. The van der Waals surface area contributed by atoms with Gasteiger partial charge in [-0.3, -0.25) is 53.1 Å². The number of aliphatic carboxylic acids is 2. The van der Waals surface area contributed by atoms with Crippen LogP contribution in [-0.4, -0.2) is 187 Å². The molecule has 488 valence electrons. The number of aliphatic hydroxyl groups excluding tert-OH is 1. The first-order valence-corrected chi connectivity index (χ1v) is 29.7. The normalized spacial score (nSPS) is 12.4. The number of hydrogen-bond donors (Lipinski definition) is 8. The number of primary amides is 1. The van der Waals surface area contributed by atoms with E-state index < -0.39 is 49.2 Å². The number of carboxylic acid groups (broad SMARTS) is 2. The number of allylic oxidation sites excluding steroid dienone is 4. The van der Waals surface area contributed by atoms with Crippen LogP contribution < -0.4 is 31.7 Å². The van der Waals surface area contributed by atoms with Gasteiger partial charge in [-0.2, -0.15) is 0 Å². The summed E-state index contributed by atoms with van der Waals surface area (Å²) in [6.07, 6.45) is 18.6. The molecule has 1 aliphatic rings. The molecule has 1 aromatic carbocycles. The van der Waals surface area contributed by atoms with E-state index in [-0.39, 0.29) is 81.1 Å². The molecule has 0 bridgehead atoms. The van der Waals surface area contributed by atoms with Crippen LogP contribution in [0.15, 0.2) is 66.9 Å². The van der Waals surface area contributed by atoms with Gasteiger partial charge in [-0.05, 0) is 101 Å². The maximum absolute atomic E-state index is 13.4. The number of aldehydes is 1. The van der Waals surface area contributed by atoms with Crippen molar-refractivity contribution in [3.63, 3.8) is 0 Å². The minimum absolute atomic E-state index is 0.0563. The van der Waals surface area contributed by atoms with Crippen LogP contribution in [0.1, 0.15) is 156 Å². The zero-order chi connectivity index (χ0) is 65.7. The minimum Gasteiger partial charge on any atom is -0.492 e. The summed E-state index contributed by atoms with van der Waals surface area (Å²) < 4.78 is 32.6. The molecule has 1 atom stereocenters. The largest absolute Gasteiger partial charge is 0.492 e. The van der Waals surface area contributed by atoms with E-state index in [1.54, 1.807) is 31.2 Å². The number of carbonyl (C=O) groups is 9. The highest BCUT2D eigenvalue weighted by atomic mass is 19.3. The van der Waals surface area contributed by atoms with E-state index in [2.05, 4.69) is 79.3 Å². The number of halogens is 2. The first kappa shape index (κ1) is 83.0. The van der Waals surface area contributed by atoms with E-state index in [0.717, 1.165) is 101 Å². The Morgan fingerprint density at radius 3 is 1.86 bits per heavy atom. The molecule has 1 aromatic heterocycles. The molecular formula is C62H103F2N9O13. The number of pyridine rings is 1. The molecule has 9 N–H and O–H groups in total. The number of likely N-dealkylation sites (tertiary alicyclic amines) is 1. The Morgan fingerprint density at radius 2 is 1.38 bits per heavy atom. The molecule has 2 aromatic rings. The van der Waals surface area contributed by atoms with Gasteiger partial charge in [-0.15, -0.1) is 0 Å². The van der Waals surface area contributed by atoms with Gasteiger partial charge in [-0.1, -0.05) is 98.6 Å². The molecule has 24 heteroatoms. The molecule has 3 rings (SSSR count). The van der Waals surface area contributed by atoms with Gasteiger partial charge >= 0.3 is 11.9 Å². The lowest BCUT2D eigenvalue weighted by molar-refractivity contribution is -0.138. The van der Waals surface area contributed by atoms with Gasteiger partial charge in [0, 0.05) is 70.4 Å². The lowest BCUT2D eigenvalue weighted by Crippen LogP contribution is -2.41.